The van der Waals surface area contributed by atoms with E-state index in [2.05, 4.69) is 10.1 Å². The average molecular weight is 367 g/mol. The van der Waals surface area contributed by atoms with E-state index in [4.69, 9.17) is 5.11 Å². The van der Waals surface area contributed by atoms with Gasteiger partial charge in [-0.25, -0.2) is 9.78 Å². The Morgan fingerprint density at radius 1 is 1.36 bits per heavy atom. The molecule has 25 heavy (non-hydrogen) atoms. The highest BCUT2D eigenvalue weighted by Crippen LogP contribution is 2.34. The van der Waals surface area contributed by atoms with Gasteiger partial charge in [-0.15, -0.1) is 11.3 Å². The van der Waals surface area contributed by atoms with Crippen LogP contribution >= 0.6 is 11.3 Å². The van der Waals surface area contributed by atoms with Crippen LogP contribution in [0.3, 0.4) is 0 Å². The first-order valence-corrected chi connectivity index (χ1v) is 7.95. The van der Waals surface area contributed by atoms with Crippen molar-refractivity contribution in [2.45, 2.75) is 19.6 Å². The van der Waals surface area contributed by atoms with Crippen molar-refractivity contribution in [1.29, 1.82) is 0 Å². The van der Waals surface area contributed by atoms with Crippen LogP contribution in [0.5, 0.6) is 0 Å². The van der Waals surface area contributed by atoms with Crippen molar-refractivity contribution in [2.24, 2.45) is 0 Å². The maximum absolute atomic E-state index is 12.8. The maximum atomic E-state index is 12.8. The lowest BCUT2D eigenvalue weighted by Crippen LogP contribution is -2.04. The highest BCUT2D eigenvalue weighted by atomic mass is 32.1. The van der Waals surface area contributed by atoms with Crippen molar-refractivity contribution in [3.63, 3.8) is 0 Å². The zero-order valence-electron chi connectivity index (χ0n) is 12.9. The lowest BCUT2D eigenvalue weighted by molar-refractivity contribution is -0.137. The number of halogens is 3. The Balaban J connectivity index is 1.88. The van der Waals surface area contributed by atoms with Gasteiger partial charge in [0.2, 0.25) is 0 Å². The van der Waals surface area contributed by atoms with Crippen LogP contribution in [0.25, 0.3) is 10.6 Å². The molecule has 0 unspecified atom stereocenters. The standard InChI is InChI=1S/C16H12F3N3O2S/c1-9-13(8-22-7-11(6-20-22)15(23)24)21-14(25-9)10-3-2-4-12(5-10)16(17,18)19/h2-7H,8H2,1H3,(H,23,24). The van der Waals surface area contributed by atoms with Crippen molar-refractivity contribution in [3.8, 4) is 10.6 Å². The monoisotopic (exact) mass is 367 g/mol. The van der Waals surface area contributed by atoms with Crippen LogP contribution in [0.2, 0.25) is 0 Å². The highest BCUT2D eigenvalue weighted by molar-refractivity contribution is 7.15. The predicted octanol–water partition coefficient (Wildman–Crippen LogP) is 4.08. The number of carboxylic acids is 1. The summed E-state index contributed by atoms with van der Waals surface area (Å²) in [5, 5.41) is 13.3. The van der Waals surface area contributed by atoms with Crippen molar-refractivity contribution in [1.82, 2.24) is 14.8 Å². The third-order valence-corrected chi connectivity index (χ3v) is 4.58. The molecule has 0 aliphatic carbocycles. The molecular formula is C16H12F3N3O2S. The number of carboxylic acid groups (broad SMARTS) is 1. The van der Waals surface area contributed by atoms with Gasteiger partial charge >= 0.3 is 12.1 Å². The van der Waals surface area contributed by atoms with Crippen molar-refractivity contribution in [3.05, 3.63) is 58.4 Å². The van der Waals surface area contributed by atoms with Gasteiger partial charge in [-0.1, -0.05) is 12.1 Å². The van der Waals surface area contributed by atoms with Crippen LogP contribution in [0.4, 0.5) is 13.2 Å². The second kappa shape index (κ2) is 6.32. The predicted molar refractivity (Wildman–Crippen MR) is 85.6 cm³/mol. The fourth-order valence-electron chi connectivity index (χ4n) is 2.24. The molecule has 0 saturated heterocycles. The number of rotatable bonds is 4. The smallest absolute Gasteiger partial charge is 0.416 e. The molecule has 2 heterocycles. The molecule has 0 radical (unpaired) electrons. The Hall–Kier alpha value is -2.68. The van der Waals surface area contributed by atoms with Crippen LogP contribution in [0, 0.1) is 6.92 Å². The Kier molecular flexibility index (Phi) is 4.34. The number of nitrogens with zero attached hydrogens (tertiary/aromatic N) is 3. The molecule has 0 atom stereocenters. The van der Waals surface area contributed by atoms with Gasteiger partial charge in [-0.3, -0.25) is 4.68 Å². The van der Waals surface area contributed by atoms with Crippen LogP contribution < -0.4 is 0 Å². The molecule has 5 nitrogen and oxygen atoms in total. The summed E-state index contributed by atoms with van der Waals surface area (Å²) in [5.41, 5.74) is 0.363. The summed E-state index contributed by atoms with van der Waals surface area (Å²) >= 11 is 1.28. The van der Waals surface area contributed by atoms with Gasteiger partial charge in [0, 0.05) is 16.6 Å². The Morgan fingerprint density at radius 2 is 2.12 bits per heavy atom. The van der Waals surface area contributed by atoms with E-state index < -0.39 is 17.7 Å². The van der Waals surface area contributed by atoms with E-state index in [1.54, 1.807) is 6.07 Å². The first kappa shape index (κ1) is 17.2. The summed E-state index contributed by atoms with van der Waals surface area (Å²) in [6, 6.07) is 5.01. The molecule has 9 heteroatoms. The van der Waals surface area contributed by atoms with Gasteiger partial charge in [-0.05, 0) is 19.1 Å². The zero-order chi connectivity index (χ0) is 18.2. The summed E-state index contributed by atoms with van der Waals surface area (Å²) in [6.07, 6.45) is -1.80. The van der Waals surface area contributed by atoms with Crippen LogP contribution in [0.1, 0.15) is 26.5 Å². The fourth-order valence-corrected chi connectivity index (χ4v) is 3.16. The van der Waals surface area contributed by atoms with Gasteiger partial charge in [-0.2, -0.15) is 18.3 Å². The Bertz CT molecular complexity index is 931. The molecule has 0 aliphatic rings. The van der Waals surface area contributed by atoms with Crippen LogP contribution in [-0.2, 0) is 12.7 Å². The van der Waals surface area contributed by atoms with E-state index in [0.29, 0.717) is 16.3 Å². The van der Waals surface area contributed by atoms with E-state index in [-0.39, 0.29) is 12.1 Å². The van der Waals surface area contributed by atoms with E-state index in [1.807, 2.05) is 6.92 Å². The number of aromatic nitrogens is 3. The lowest BCUT2D eigenvalue weighted by Gasteiger charge is -2.07. The van der Waals surface area contributed by atoms with Crippen molar-refractivity contribution in [2.75, 3.05) is 0 Å². The molecule has 0 amide bonds. The molecule has 3 rings (SSSR count). The van der Waals surface area contributed by atoms with Crippen LogP contribution in [0.15, 0.2) is 36.7 Å². The minimum atomic E-state index is -4.41. The zero-order valence-corrected chi connectivity index (χ0v) is 13.7. The van der Waals surface area contributed by atoms with Crippen molar-refractivity contribution >= 4 is 17.3 Å². The van der Waals surface area contributed by atoms with Crippen molar-refractivity contribution < 1.29 is 23.1 Å². The van der Waals surface area contributed by atoms with Gasteiger partial charge in [0.05, 0.1) is 29.6 Å². The normalized spacial score (nSPS) is 11.7. The minimum absolute atomic E-state index is 0.0611. The van der Waals surface area contributed by atoms with E-state index in [9.17, 15) is 18.0 Å². The number of aromatic carboxylic acids is 1. The van der Waals surface area contributed by atoms with Gasteiger partial charge in [0.25, 0.3) is 0 Å². The molecule has 1 aromatic carbocycles. The number of benzene rings is 1. The minimum Gasteiger partial charge on any atom is -0.478 e. The third-order valence-electron chi connectivity index (χ3n) is 3.52. The number of hydrogen-bond acceptors (Lipinski definition) is 4. The van der Waals surface area contributed by atoms with Gasteiger partial charge in [0.1, 0.15) is 5.01 Å². The Labute approximate surface area is 144 Å². The maximum Gasteiger partial charge on any atom is 0.416 e. The summed E-state index contributed by atoms with van der Waals surface area (Å²) in [6.45, 7) is 2.06. The van der Waals surface area contributed by atoms with E-state index >= 15 is 0 Å². The summed E-state index contributed by atoms with van der Waals surface area (Å²) in [5.74, 6) is -1.08. The topological polar surface area (TPSA) is 68.0 Å². The lowest BCUT2D eigenvalue weighted by atomic mass is 10.1. The molecule has 1 N–H and O–H groups in total. The number of hydrogen-bond donors (Lipinski definition) is 1. The molecule has 2 aromatic heterocycles. The second-order valence-electron chi connectivity index (χ2n) is 5.33. The van der Waals surface area contributed by atoms with E-state index in [1.165, 1.54) is 34.5 Å². The molecule has 130 valence electrons. The SMILES string of the molecule is Cc1sc(-c2cccc(C(F)(F)F)c2)nc1Cn1cc(C(=O)O)cn1. The second-order valence-corrected chi connectivity index (χ2v) is 6.54. The van der Waals surface area contributed by atoms with E-state index in [0.717, 1.165) is 17.0 Å². The first-order chi connectivity index (χ1) is 11.7. The van der Waals surface area contributed by atoms with Gasteiger partial charge < -0.3 is 5.11 Å². The molecule has 3 aromatic rings. The quantitative estimate of drug-likeness (QED) is 0.754. The highest BCUT2D eigenvalue weighted by Gasteiger charge is 2.30. The first-order valence-electron chi connectivity index (χ1n) is 7.14. The van der Waals surface area contributed by atoms with Crippen LogP contribution in [-0.4, -0.2) is 25.8 Å². The molecule has 0 bridgehead atoms. The van der Waals surface area contributed by atoms with Gasteiger partial charge in [0.15, 0.2) is 0 Å². The average Bonchev–Trinajstić information content (AvgIpc) is 3.15. The number of thiazole rings is 1. The fraction of sp³-hybridized carbons (Fsp3) is 0.188. The molecule has 0 spiro atoms. The number of aryl methyl sites for hydroxylation is 1. The summed E-state index contributed by atoms with van der Waals surface area (Å²) < 4.78 is 40.0. The summed E-state index contributed by atoms with van der Waals surface area (Å²) in [7, 11) is 0. The Morgan fingerprint density at radius 3 is 2.76 bits per heavy atom. The molecule has 0 aliphatic heterocycles. The number of alkyl halides is 3. The number of carbonyl (C=O) groups is 1. The third kappa shape index (κ3) is 3.71. The largest absolute Gasteiger partial charge is 0.478 e. The molecular weight excluding hydrogens is 355 g/mol. The summed E-state index contributed by atoms with van der Waals surface area (Å²) in [4.78, 5) is 16.1. The molecule has 0 fully saturated rings. The molecule has 0 saturated carbocycles.